The molecule has 138 valence electrons. The van der Waals surface area contributed by atoms with Gasteiger partial charge in [-0.3, -0.25) is 9.59 Å². The Morgan fingerprint density at radius 2 is 2.16 bits per heavy atom. The number of hydrogen-bond donors (Lipinski definition) is 1. The van der Waals surface area contributed by atoms with Gasteiger partial charge in [-0.15, -0.1) is 0 Å². The summed E-state index contributed by atoms with van der Waals surface area (Å²) < 4.78 is 5.94. The first kappa shape index (κ1) is 18.4. The van der Waals surface area contributed by atoms with E-state index in [0.717, 1.165) is 32.6 Å². The molecular formula is C17H26N4O3S. The van der Waals surface area contributed by atoms with Crippen LogP contribution in [-0.2, 0) is 9.53 Å². The maximum atomic E-state index is 12.6. The van der Waals surface area contributed by atoms with E-state index in [4.69, 9.17) is 4.74 Å². The summed E-state index contributed by atoms with van der Waals surface area (Å²) in [7, 11) is 0. The number of likely N-dealkylation sites (tertiary alicyclic amines) is 1. The molecule has 2 aliphatic rings. The summed E-state index contributed by atoms with van der Waals surface area (Å²) in [5.74, 6) is 0.356. The van der Waals surface area contributed by atoms with Gasteiger partial charge in [0.1, 0.15) is 0 Å². The molecule has 1 atom stereocenters. The summed E-state index contributed by atoms with van der Waals surface area (Å²) in [6, 6.07) is 1.45. The molecule has 2 saturated heterocycles. The predicted molar refractivity (Wildman–Crippen MR) is 96.9 cm³/mol. The van der Waals surface area contributed by atoms with Crippen LogP contribution >= 0.6 is 11.8 Å². The van der Waals surface area contributed by atoms with Gasteiger partial charge in [0, 0.05) is 38.0 Å². The topological polar surface area (TPSA) is 78.5 Å². The van der Waals surface area contributed by atoms with E-state index in [2.05, 4.69) is 14.9 Å². The summed E-state index contributed by atoms with van der Waals surface area (Å²) in [4.78, 5) is 35.3. The first-order chi connectivity index (χ1) is 12.1. The summed E-state index contributed by atoms with van der Waals surface area (Å²) >= 11 is 1.28. The number of H-pyrrole nitrogens is 1. The highest BCUT2D eigenvalue weighted by molar-refractivity contribution is 7.99. The van der Waals surface area contributed by atoms with Crippen molar-refractivity contribution in [2.24, 2.45) is 0 Å². The van der Waals surface area contributed by atoms with Gasteiger partial charge in [0.2, 0.25) is 5.91 Å². The first-order valence-corrected chi connectivity index (χ1v) is 9.91. The van der Waals surface area contributed by atoms with Gasteiger partial charge in [0.05, 0.1) is 11.9 Å². The number of ether oxygens (including phenoxy) is 1. The van der Waals surface area contributed by atoms with Crippen molar-refractivity contribution in [2.45, 2.75) is 37.4 Å². The third-order valence-corrected chi connectivity index (χ3v) is 5.40. The number of rotatable bonds is 5. The van der Waals surface area contributed by atoms with Crippen LogP contribution < -0.4 is 5.56 Å². The molecule has 1 N–H and O–H groups in total. The lowest BCUT2D eigenvalue weighted by molar-refractivity contribution is -0.129. The number of thioether (sulfide) groups is 1. The highest BCUT2D eigenvalue weighted by atomic mass is 32.2. The summed E-state index contributed by atoms with van der Waals surface area (Å²) in [5, 5.41) is 0.498. The Kier molecular flexibility index (Phi) is 6.50. The van der Waals surface area contributed by atoms with Gasteiger partial charge in [-0.05, 0) is 39.3 Å². The van der Waals surface area contributed by atoms with Crippen molar-refractivity contribution < 1.29 is 9.53 Å². The van der Waals surface area contributed by atoms with Crippen molar-refractivity contribution in [3.63, 3.8) is 0 Å². The molecule has 0 unspecified atom stereocenters. The van der Waals surface area contributed by atoms with E-state index >= 15 is 0 Å². The molecule has 1 amide bonds. The molecule has 2 aliphatic heterocycles. The SMILES string of the molecule is Cc1cc(=O)[nH]c(SCC(=O)N2CCCO[C@@H](CN3CCCC3)C2)n1. The second kappa shape index (κ2) is 8.82. The van der Waals surface area contributed by atoms with E-state index in [-0.39, 0.29) is 23.3 Å². The number of nitrogens with zero attached hydrogens (tertiary/aromatic N) is 3. The van der Waals surface area contributed by atoms with Crippen LogP contribution in [0.2, 0.25) is 0 Å². The highest BCUT2D eigenvalue weighted by Crippen LogP contribution is 2.16. The van der Waals surface area contributed by atoms with Crippen LogP contribution in [0.1, 0.15) is 25.0 Å². The van der Waals surface area contributed by atoms with E-state index in [1.807, 2.05) is 4.90 Å². The number of hydrogen-bond acceptors (Lipinski definition) is 6. The monoisotopic (exact) mass is 366 g/mol. The summed E-state index contributed by atoms with van der Waals surface area (Å²) in [5.41, 5.74) is 0.476. The van der Waals surface area contributed by atoms with Crippen LogP contribution in [0.4, 0.5) is 0 Å². The smallest absolute Gasteiger partial charge is 0.251 e. The molecule has 3 rings (SSSR count). The summed E-state index contributed by atoms with van der Waals surface area (Å²) in [6.07, 6.45) is 3.47. The van der Waals surface area contributed by atoms with Gasteiger partial charge < -0.3 is 19.5 Å². The molecule has 2 fully saturated rings. The zero-order valence-electron chi connectivity index (χ0n) is 14.7. The van der Waals surface area contributed by atoms with Gasteiger partial charge in [0.15, 0.2) is 5.16 Å². The Labute approximate surface area is 152 Å². The lowest BCUT2D eigenvalue weighted by Crippen LogP contribution is -2.42. The molecule has 0 aromatic carbocycles. The van der Waals surface area contributed by atoms with Crippen molar-refractivity contribution in [1.29, 1.82) is 0 Å². The second-order valence-electron chi connectivity index (χ2n) is 6.67. The Balaban J connectivity index is 1.53. The average molecular weight is 366 g/mol. The average Bonchev–Trinajstić information content (AvgIpc) is 2.96. The number of aromatic nitrogens is 2. The zero-order valence-corrected chi connectivity index (χ0v) is 15.5. The van der Waals surface area contributed by atoms with Crippen LogP contribution in [0.3, 0.4) is 0 Å². The number of aryl methyl sites for hydroxylation is 1. The molecule has 0 spiro atoms. The maximum absolute atomic E-state index is 12.6. The molecule has 1 aromatic rings. The van der Waals surface area contributed by atoms with E-state index in [0.29, 0.717) is 24.0 Å². The largest absolute Gasteiger partial charge is 0.375 e. The number of nitrogens with one attached hydrogen (secondary N) is 1. The van der Waals surface area contributed by atoms with Crippen LogP contribution in [0, 0.1) is 6.92 Å². The van der Waals surface area contributed by atoms with Crippen LogP contribution in [-0.4, -0.2) is 76.9 Å². The lowest BCUT2D eigenvalue weighted by atomic mass is 10.3. The molecule has 25 heavy (non-hydrogen) atoms. The second-order valence-corrected chi connectivity index (χ2v) is 7.64. The molecule has 3 heterocycles. The molecule has 0 radical (unpaired) electrons. The molecule has 7 nitrogen and oxygen atoms in total. The fourth-order valence-corrected chi connectivity index (χ4v) is 4.15. The Morgan fingerprint density at radius 1 is 1.36 bits per heavy atom. The molecule has 1 aromatic heterocycles. The highest BCUT2D eigenvalue weighted by Gasteiger charge is 2.25. The van der Waals surface area contributed by atoms with E-state index < -0.39 is 0 Å². The van der Waals surface area contributed by atoms with E-state index in [1.165, 1.54) is 30.7 Å². The fourth-order valence-electron chi connectivity index (χ4n) is 3.33. The minimum absolute atomic E-state index is 0.0751. The number of carbonyl (C=O) groups excluding carboxylic acids is 1. The Bertz CT molecular complexity index is 645. The Hall–Kier alpha value is -1.38. The van der Waals surface area contributed by atoms with Crippen molar-refractivity contribution in [2.75, 3.05) is 45.1 Å². The normalized spacial score (nSPS) is 22.1. The van der Waals surface area contributed by atoms with Crippen LogP contribution in [0.15, 0.2) is 16.0 Å². The standard InChI is InChI=1S/C17H26N4O3S/c1-13-9-15(22)19-17(18-13)25-12-16(23)21-7-4-8-24-14(11-21)10-20-5-2-3-6-20/h9,14H,2-8,10-12H2,1H3,(H,18,19,22)/t14-/m0/s1. The van der Waals surface area contributed by atoms with Gasteiger partial charge in [-0.2, -0.15) is 0 Å². The van der Waals surface area contributed by atoms with Gasteiger partial charge in [-0.25, -0.2) is 4.98 Å². The van der Waals surface area contributed by atoms with Gasteiger partial charge in [-0.1, -0.05) is 11.8 Å². The van der Waals surface area contributed by atoms with Crippen LogP contribution in [0.25, 0.3) is 0 Å². The molecular weight excluding hydrogens is 340 g/mol. The zero-order chi connectivity index (χ0) is 17.6. The molecule has 0 aliphatic carbocycles. The van der Waals surface area contributed by atoms with Crippen molar-refractivity contribution >= 4 is 17.7 Å². The Morgan fingerprint density at radius 3 is 2.92 bits per heavy atom. The van der Waals surface area contributed by atoms with Gasteiger partial charge in [0.25, 0.3) is 5.56 Å². The maximum Gasteiger partial charge on any atom is 0.251 e. The van der Waals surface area contributed by atoms with Gasteiger partial charge >= 0.3 is 0 Å². The predicted octanol–water partition coefficient (Wildman–Crippen LogP) is 0.884. The van der Waals surface area contributed by atoms with E-state index in [9.17, 15) is 9.59 Å². The van der Waals surface area contributed by atoms with Crippen molar-refractivity contribution in [3.8, 4) is 0 Å². The van der Waals surface area contributed by atoms with Crippen molar-refractivity contribution in [3.05, 3.63) is 22.1 Å². The molecule has 0 bridgehead atoms. The third-order valence-electron chi connectivity index (χ3n) is 4.54. The first-order valence-electron chi connectivity index (χ1n) is 8.92. The van der Waals surface area contributed by atoms with Crippen molar-refractivity contribution in [1.82, 2.24) is 19.8 Å². The van der Waals surface area contributed by atoms with Crippen LogP contribution in [0.5, 0.6) is 0 Å². The number of amides is 1. The number of carbonyl (C=O) groups is 1. The minimum Gasteiger partial charge on any atom is -0.375 e. The fraction of sp³-hybridized carbons (Fsp3) is 0.706. The van der Waals surface area contributed by atoms with E-state index in [1.54, 1.807) is 6.92 Å². The molecule has 0 saturated carbocycles. The number of aromatic amines is 1. The minimum atomic E-state index is -0.184. The third kappa shape index (κ3) is 5.55. The lowest BCUT2D eigenvalue weighted by Gasteiger charge is -2.27. The summed E-state index contributed by atoms with van der Waals surface area (Å²) in [6.45, 7) is 7.04. The quantitative estimate of drug-likeness (QED) is 0.616. The molecule has 8 heteroatoms.